The minimum atomic E-state index is -0.175. The molecule has 1 aromatic heterocycles. The van der Waals surface area contributed by atoms with Crippen molar-refractivity contribution < 1.29 is 9.59 Å². The number of hydrogen-bond acceptors (Lipinski definition) is 2. The van der Waals surface area contributed by atoms with Crippen LogP contribution in [0.25, 0.3) is 0 Å². The molecule has 0 fully saturated rings. The Morgan fingerprint density at radius 3 is 2.35 bits per heavy atom. The topological polar surface area (TPSA) is 54.3 Å². The van der Waals surface area contributed by atoms with E-state index < -0.39 is 0 Å². The lowest BCUT2D eigenvalue weighted by atomic mass is 10.1. The van der Waals surface area contributed by atoms with Crippen LogP contribution in [0.3, 0.4) is 0 Å². The van der Waals surface area contributed by atoms with Crippen molar-refractivity contribution in [3.05, 3.63) is 117 Å². The maximum atomic E-state index is 13.5. The van der Waals surface area contributed by atoms with Crippen LogP contribution in [0.5, 0.6) is 0 Å². The Morgan fingerprint density at radius 1 is 0.824 bits per heavy atom. The average Bonchev–Trinajstić information content (AvgIpc) is 3.08. The van der Waals surface area contributed by atoms with E-state index in [0.29, 0.717) is 34.5 Å². The van der Waals surface area contributed by atoms with Crippen molar-refractivity contribution in [3.63, 3.8) is 0 Å². The van der Waals surface area contributed by atoms with E-state index in [1.807, 2.05) is 59.2 Å². The van der Waals surface area contributed by atoms with Crippen molar-refractivity contribution >= 4 is 46.4 Å². The first-order valence-corrected chi connectivity index (χ1v) is 11.6. The molecule has 0 saturated heterocycles. The van der Waals surface area contributed by atoms with Crippen LogP contribution in [0.1, 0.15) is 27.2 Å². The largest absolute Gasteiger partial charge is 0.330 e. The van der Waals surface area contributed by atoms with Crippen molar-refractivity contribution in [2.75, 3.05) is 10.2 Å². The van der Waals surface area contributed by atoms with E-state index >= 15 is 0 Å². The Balaban J connectivity index is 1.35. The fourth-order valence-electron chi connectivity index (χ4n) is 4.18. The number of rotatable bonds is 4. The number of nitrogens with zero attached hydrogens (tertiary/aromatic N) is 2. The summed E-state index contributed by atoms with van der Waals surface area (Å²) in [5, 5.41) is 4.07. The van der Waals surface area contributed by atoms with Crippen LogP contribution in [0, 0.1) is 0 Å². The van der Waals surface area contributed by atoms with Gasteiger partial charge in [-0.25, -0.2) is 0 Å². The minimum absolute atomic E-state index is 0.118. The Bertz CT molecular complexity index is 1380. The van der Waals surface area contributed by atoms with Gasteiger partial charge in [0.25, 0.3) is 5.91 Å². The van der Waals surface area contributed by atoms with Gasteiger partial charge in [0, 0.05) is 27.7 Å². The highest BCUT2D eigenvalue weighted by Gasteiger charge is 2.25. The molecule has 0 aliphatic carbocycles. The highest BCUT2D eigenvalue weighted by atomic mass is 35.5. The van der Waals surface area contributed by atoms with E-state index in [1.54, 1.807) is 35.2 Å². The fraction of sp³-hybridized carbons (Fsp3) is 0.111. The van der Waals surface area contributed by atoms with Gasteiger partial charge in [-0.05, 0) is 59.7 Å². The van der Waals surface area contributed by atoms with Gasteiger partial charge in [-0.3, -0.25) is 9.59 Å². The van der Waals surface area contributed by atoms with Gasteiger partial charge in [0.1, 0.15) is 5.15 Å². The molecule has 1 N–H and O–H groups in total. The van der Waals surface area contributed by atoms with Gasteiger partial charge in [0.05, 0.1) is 19.5 Å². The van der Waals surface area contributed by atoms with Gasteiger partial charge in [-0.1, -0.05) is 59.6 Å². The number of benzene rings is 3. The van der Waals surface area contributed by atoms with Crippen molar-refractivity contribution in [2.45, 2.75) is 19.5 Å². The monoisotopic (exact) mass is 489 g/mol. The summed E-state index contributed by atoms with van der Waals surface area (Å²) in [6, 6.07) is 25.9. The molecule has 0 spiro atoms. The summed E-state index contributed by atoms with van der Waals surface area (Å²) in [6.45, 7) is 1.02. The number of carbonyl (C=O) groups excluding carboxylic acids is 2. The molecule has 3 aromatic carbocycles. The van der Waals surface area contributed by atoms with Crippen LogP contribution in [0.15, 0.2) is 84.9 Å². The molecule has 0 atom stereocenters. The Labute approximate surface area is 207 Å². The lowest BCUT2D eigenvalue weighted by Gasteiger charge is -2.23. The molecule has 4 aromatic rings. The molecule has 0 saturated carbocycles. The summed E-state index contributed by atoms with van der Waals surface area (Å²) in [5.74, 6) is -0.293. The second-order valence-electron chi connectivity index (χ2n) is 8.15. The van der Waals surface area contributed by atoms with Gasteiger partial charge < -0.3 is 14.8 Å². The van der Waals surface area contributed by atoms with Crippen molar-refractivity contribution in [3.8, 4) is 0 Å². The molecular formula is C27H21Cl2N3O2. The first-order chi connectivity index (χ1) is 16.5. The molecule has 5 rings (SSSR count). The lowest BCUT2D eigenvalue weighted by molar-refractivity contribution is -0.115. The normalized spacial score (nSPS) is 12.5. The molecule has 34 heavy (non-hydrogen) atoms. The van der Waals surface area contributed by atoms with Crippen LogP contribution in [0.4, 0.5) is 11.4 Å². The SMILES string of the molecule is O=C(Cc1ccccc1Cl)Nc1ccc(C(=O)N2Cc3ccc(Cl)n3Cc3ccccc32)cc1. The summed E-state index contributed by atoms with van der Waals surface area (Å²) in [6.07, 6.45) is 0.174. The van der Waals surface area contributed by atoms with E-state index in [1.165, 1.54) is 0 Å². The second-order valence-corrected chi connectivity index (χ2v) is 8.94. The maximum absolute atomic E-state index is 13.5. The van der Waals surface area contributed by atoms with Gasteiger partial charge >= 0.3 is 0 Å². The number of carbonyl (C=O) groups is 2. The molecular weight excluding hydrogens is 469 g/mol. The van der Waals surface area contributed by atoms with Crippen LogP contribution in [-0.4, -0.2) is 16.4 Å². The fourth-order valence-corrected chi connectivity index (χ4v) is 4.61. The summed E-state index contributed by atoms with van der Waals surface area (Å²) < 4.78 is 2.02. The van der Waals surface area contributed by atoms with E-state index in [0.717, 1.165) is 22.5 Å². The zero-order chi connectivity index (χ0) is 23.7. The van der Waals surface area contributed by atoms with Gasteiger partial charge in [0.2, 0.25) is 5.91 Å². The second kappa shape index (κ2) is 9.37. The van der Waals surface area contributed by atoms with Gasteiger partial charge in [-0.15, -0.1) is 0 Å². The number of aromatic nitrogens is 1. The standard InChI is InChI=1S/C27H21Cl2N3O2/c28-23-7-3-1-5-19(23)15-26(33)30-21-11-9-18(10-12-21)27(34)32-17-22-13-14-25(29)31(22)16-20-6-2-4-8-24(20)32/h1-14H,15-17H2,(H,30,33). The van der Waals surface area contributed by atoms with E-state index in [2.05, 4.69) is 5.32 Å². The number of nitrogens with one attached hydrogen (secondary N) is 1. The highest BCUT2D eigenvalue weighted by Crippen LogP contribution is 2.31. The van der Waals surface area contributed by atoms with Gasteiger partial charge in [-0.2, -0.15) is 0 Å². The van der Waals surface area contributed by atoms with Gasteiger partial charge in [0.15, 0.2) is 0 Å². The molecule has 5 nitrogen and oxygen atoms in total. The molecule has 170 valence electrons. The predicted octanol–water partition coefficient (Wildman–Crippen LogP) is 6.18. The zero-order valence-corrected chi connectivity index (χ0v) is 19.7. The van der Waals surface area contributed by atoms with Crippen LogP contribution in [-0.2, 0) is 24.3 Å². The molecule has 7 heteroatoms. The van der Waals surface area contributed by atoms with Crippen molar-refractivity contribution in [2.24, 2.45) is 0 Å². The highest BCUT2D eigenvalue weighted by molar-refractivity contribution is 6.31. The molecule has 1 aliphatic rings. The Hall–Kier alpha value is -3.54. The van der Waals surface area contributed by atoms with Crippen LogP contribution >= 0.6 is 23.2 Å². The first-order valence-electron chi connectivity index (χ1n) is 10.9. The maximum Gasteiger partial charge on any atom is 0.258 e. The smallest absolute Gasteiger partial charge is 0.258 e. The van der Waals surface area contributed by atoms with E-state index in [4.69, 9.17) is 23.2 Å². The number of para-hydroxylation sites is 1. The van der Waals surface area contributed by atoms with E-state index in [-0.39, 0.29) is 18.2 Å². The van der Waals surface area contributed by atoms with E-state index in [9.17, 15) is 9.59 Å². The number of hydrogen-bond donors (Lipinski definition) is 1. The molecule has 1 aliphatic heterocycles. The quantitative estimate of drug-likeness (QED) is 0.371. The third-order valence-electron chi connectivity index (χ3n) is 5.92. The summed E-state index contributed by atoms with van der Waals surface area (Å²) >= 11 is 12.5. The number of anilines is 2. The number of fused-ring (bicyclic) bond motifs is 2. The van der Waals surface area contributed by atoms with Crippen LogP contribution in [0.2, 0.25) is 10.2 Å². The zero-order valence-electron chi connectivity index (χ0n) is 18.2. The Kier molecular flexibility index (Phi) is 6.14. The summed E-state index contributed by atoms with van der Waals surface area (Å²) in [4.78, 5) is 27.7. The summed E-state index contributed by atoms with van der Waals surface area (Å²) in [7, 11) is 0. The minimum Gasteiger partial charge on any atom is -0.330 e. The van der Waals surface area contributed by atoms with Crippen molar-refractivity contribution in [1.29, 1.82) is 0 Å². The molecule has 2 heterocycles. The predicted molar refractivity (Wildman–Crippen MR) is 136 cm³/mol. The first kappa shape index (κ1) is 22.3. The Morgan fingerprint density at radius 2 is 1.56 bits per heavy atom. The molecule has 0 radical (unpaired) electrons. The summed E-state index contributed by atoms with van der Waals surface area (Å²) in [5.41, 5.74) is 4.77. The average molecular weight is 490 g/mol. The third-order valence-corrected chi connectivity index (χ3v) is 6.62. The lowest BCUT2D eigenvalue weighted by Crippen LogP contribution is -2.30. The van der Waals surface area contributed by atoms with Crippen molar-refractivity contribution in [1.82, 2.24) is 4.57 Å². The molecule has 0 unspecified atom stereocenters. The van der Waals surface area contributed by atoms with Crippen LogP contribution < -0.4 is 10.2 Å². The number of amides is 2. The number of halogens is 2. The molecule has 0 bridgehead atoms. The third kappa shape index (κ3) is 4.45. The molecule has 2 amide bonds.